The zero-order chi connectivity index (χ0) is 27.8. The molecule has 1 saturated heterocycles. The fourth-order valence-electron chi connectivity index (χ4n) is 4.40. The Kier molecular flexibility index (Phi) is 9.07. The predicted molar refractivity (Wildman–Crippen MR) is 144 cm³/mol. The van der Waals surface area contributed by atoms with E-state index in [1.807, 2.05) is 6.07 Å². The van der Waals surface area contributed by atoms with Gasteiger partial charge < -0.3 is 25.4 Å². The van der Waals surface area contributed by atoms with Gasteiger partial charge in [-0.1, -0.05) is 24.3 Å². The molecule has 0 unspecified atom stereocenters. The van der Waals surface area contributed by atoms with Crippen LogP contribution >= 0.6 is 0 Å². The second-order valence-electron chi connectivity index (χ2n) is 8.91. The van der Waals surface area contributed by atoms with Crippen LogP contribution in [0.2, 0.25) is 0 Å². The third-order valence-corrected chi connectivity index (χ3v) is 7.82. The molecule has 13 heteroatoms. The molecule has 4 rings (SSSR count). The molecule has 0 aliphatic carbocycles. The van der Waals surface area contributed by atoms with Gasteiger partial charge in [0.05, 0.1) is 4.90 Å². The Hall–Kier alpha value is -4.07. The quantitative estimate of drug-likeness (QED) is 0.258. The molecule has 3 aromatic rings. The van der Waals surface area contributed by atoms with Crippen LogP contribution in [-0.2, 0) is 19.6 Å². The molecule has 0 radical (unpaired) electrons. The first-order valence-electron chi connectivity index (χ1n) is 12.3. The summed E-state index contributed by atoms with van der Waals surface area (Å²) in [6, 6.07) is 14.5. The van der Waals surface area contributed by atoms with Gasteiger partial charge in [0.15, 0.2) is 0 Å². The molecule has 39 heavy (non-hydrogen) atoms. The van der Waals surface area contributed by atoms with Crippen molar-refractivity contribution in [1.29, 1.82) is 0 Å². The summed E-state index contributed by atoms with van der Waals surface area (Å²) in [5.41, 5.74) is 1.07. The normalized spacial score (nSPS) is 17.9. The molecule has 0 spiro atoms. The van der Waals surface area contributed by atoms with Crippen LogP contribution in [-0.4, -0.2) is 74.4 Å². The third kappa shape index (κ3) is 7.07. The smallest absolute Gasteiger partial charge is 0.323 e. The Morgan fingerprint density at radius 1 is 1.10 bits per heavy atom. The highest BCUT2D eigenvalue weighted by Gasteiger charge is 2.34. The standard InChI is InChI=1S/C26H30N6O6S/c1-38-24-19(16-30-26-27-12-6-13-28-26)11-14-32(24)20-8-5-7-18(15-20)23(33)29-17-22(25(34)35)31-39(36,37)21-9-3-2-4-10-21/h2-10,12-13,15,19,22,24,31H,11,14,16-17H2,1H3,(H,29,33)(H,34,35)(H,27,28,30)/t19-,22-,24-/m0/s1. The van der Waals surface area contributed by atoms with Gasteiger partial charge in [0, 0.05) is 56.3 Å². The first-order chi connectivity index (χ1) is 18.8. The van der Waals surface area contributed by atoms with Gasteiger partial charge in [-0.2, -0.15) is 4.72 Å². The van der Waals surface area contributed by atoms with Crippen molar-refractivity contribution in [2.24, 2.45) is 5.92 Å². The van der Waals surface area contributed by atoms with Crippen LogP contribution in [0.5, 0.6) is 0 Å². The van der Waals surface area contributed by atoms with Crippen molar-refractivity contribution in [3.63, 3.8) is 0 Å². The molecule has 3 atom stereocenters. The van der Waals surface area contributed by atoms with Crippen molar-refractivity contribution >= 4 is 33.5 Å². The van der Waals surface area contributed by atoms with Gasteiger partial charge >= 0.3 is 5.97 Å². The minimum Gasteiger partial charge on any atom is -0.480 e. The number of aliphatic carboxylic acids is 1. The van der Waals surface area contributed by atoms with E-state index in [4.69, 9.17) is 4.74 Å². The monoisotopic (exact) mass is 554 g/mol. The van der Waals surface area contributed by atoms with E-state index in [1.165, 1.54) is 24.3 Å². The molecule has 1 fully saturated rings. The van der Waals surface area contributed by atoms with Gasteiger partial charge in [0.25, 0.3) is 5.91 Å². The van der Waals surface area contributed by atoms with Crippen molar-refractivity contribution in [2.45, 2.75) is 23.6 Å². The molecule has 1 aliphatic rings. The average molecular weight is 555 g/mol. The lowest BCUT2D eigenvalue weighted by Gasteiger charge is -2.29. The van der Waals surface area contributed by atoms with Crippen molar-refractivity contribution in [2.75, 3.05) is 37.0 Å². The number of aromatic nitrogens is 2. The first-order valence-corrected chi connectivity index (χ1v) is 13.8. The number of methoxy groups -OCH3 is 1. The van der Waals surface area contributed by atoms with Gasteiger partial charge in [0.2, 0.25) is 16.0 Å². The van der Waals surface area contributed by atoms with Gasteiger partial charge in [-0.3, -0.25) is 9.59 Å². The van der Waals surface area contributed by atoms with E-state index in [2.05, 4.69) is 30.2 Å². The summed E-state index contributed by atoms with van der Waals surface area (Å²) in [7, 11) is -2.45. The van der Waals surface area contributed by atoms with Gasteiger partial charge in [-0.05, 0) is 42.8 Å². The van der Waals surface area contributed by atoms with Gasteiger partial charge in [-0.15, -0.1) is 0 Å². The number of carbonyl (C=O) groups is 2. The molecule has 1 aliphatic heterocycles. The maximum atomic E-state index is 12.9. The van der Waals surface area contributed by atoms with E-state index < -0.39 is 34.5 Å². The summed E-state index contributed by atoms with van der Waals surface area (Å²) >= 11 is 0. The van der Waals surface area contributed by atoms with Crippen LogP contribution in [0.15, 0.2) is 78.0 Å². The molecule has 1 amide bonds. The van der Waals surface area contributed by atoms with Crippen LogP contribution in [0.1, 0.15) is 16.8 Å². The summed E-state index contributed by atoms with van der Waals surface area (Å²) in [6.07, 6.45) is 3.93. The number of anilines is 2. The SMILES string of the molecule is CO[C@H]1[C@H](CNc2ncccn2)CCN1c1cccc(C(=O)NC[C@H](NS(=O)(=O)c2ccccc2)C(=O)O)c1. The highest BCUT2D eigenvalue weighted by molar-refractivity contribution is 7.89. The Balaban J connectivity index is 1.39. The Bertz CT molecular complexity index is 1380. The number of amides is 1. The van der Waals surface area contributed by atoms with Crippen LogP contribution in [0.3, 0.4) is 0 Å². The summed E-state index contributed by atoms with van der Waals surface area (Å²) in [5.74, 6) is -1.26. The van der Waals surface area contributed by atoms with E-state index in [-0.39, 0.29) is 17.0 Å². The number of carbonyl (C=O) groups excluding carboxylic acids is 1. The topological polar surface area (TPSA) is 163 Å². The largest absolute Gasteiger partial charge is 0.480 e. The van der Waals surface area contributed by atoms with Crippen LogP contribution in [0.4, 0.5) is 11.6 Å². The molecule has 2 heterocycles. The van der Waals surface area contributed by atoms with Crippen LogP contribution in [0.25, 0.3) is 0 Å². The molecule has 12 nitrogen and oxygen atoms in total. The molecule has 0 bridgehead atoms. The molecule has 2 aromatic carbocycles. The summed E-state index contributed by atoms with van der Waals surface area (Å²) in [4.78, 5) is 35.0. The highest BCUT2D eigenvalue weighted by atomic mass is 32.2. The Labute approximate surface area is 226 Å². The second-order valence-corrected chi connectivity index (χ2v) is 10.6. The minimum atomic E-state index is -4.09. The second kappa shape index (κ2) is 12.7. The highest BCUT2D eigenvalue weighted by Crippen LogP contribution is 2.31. The number of benzene rings is 2. The van der Waals surface area contributed by atoms with E-state index in [9.17, 15) is 23.1 Å². The first kappa shape index (κ1) is 28.0. The van der Waals surface area contributed by atoms with E-state index in [0.29, 0.717) is 24.6 Å². The maximum Gasteiger partial charge on any atom is 0.323 e. The molecular formula is C26H30N6O6S. The zero-order valence-electron chi connectivity index (χ0n) is 21.2. The van der Waals surface area contributed by atoms with E-state index in [1.54, 1.807) is 49.8 Å². The zero-order valence-corrected chi connectivity index (χ0v) is 22.0. The van der Waals surface area contributed by atoms with E-state index in [0.717, 1.165) is 12.1 Å². The number of carboxylic acids is 1. The van der Waals surface area contributed by atoms with E-state index >= 15 is 0 Å². The minimum absolute atomic E-state index is 0.0709. The van der Waals surface area contributed by atoms with Crippen molar-refractivity contribution in [1.82, 2.24) is 20.0 Å². The Morgan fingerprint density at radius 3 is 2.54 bits per heavy atom. The lowest BCUT2D eigenvalue weighted by Crippen LogP contribution is -2.48. The number of hydrogen-bond donors (Lipinski definition) is 4. The summed E-state index contributed by atoms with van der Waals surface area (Å²) in [5, 5.41) is 15.3. The van der Waals surface area contributed by atoms with Gasteiger partial charge in [-0.25, -0.2) is 18.4 Å². The molecule has 0 saturated carbocycles. The average Bonchev–Trinajstić information content (AvgIpc) is 3.38. The number of rotatable bonds is 12. The number of nitrogens with zero attached hydrogens (tertiary/aromatic N) is 3. The molecule has 206 valence electrons. The number of hydrogen-bond acceptors (Lipinski definition) is 9. The van der Waals surface area contributed by atoms with Crippen molar-refractivity contribution in [3.8, 4) is 0 Å². The number of nitrogens with one attached hydrogen (secondary N) is 3. The fourth-order valence-corrected chi connectivity index (χ4v) is 5.61. The molecule has 4 N–H and O–H groups in total. The third-order valence-electron chi connectivity index (χ3n) is 6.34. The predicted octanol–water partition coefficient (Wildman–Crippen LogP) is 1.55. The van der Waals surface area contributed by atoms with Crippen LogP contribution < -0.4 is 20.3 Å². The van der Waals surface area contributed by atoms with Crippen molar-refractivity contribution < 1.29 is 27.9 Å². The van der Waals surface area contributed by atoms with Crippen molar-refractivity contribution in [3.05, 3.63) is 78.6 Å². The van der Waals surface area contributed by atoms with Crippen LogP contribution in [0, 0.1) is 5.92 Å². The lowest BCUT2D eigenvalue weighted by atomic mass is 10.1. The molecule has 1 aromatic heterocycles. The Morgan fingerprint density at radius 2 is 1.85 bits per heavy atom. The lowest BCUT2D eigenvalue weighted by molar-refractivity contribution is -0.138. The fraction of sp³-hybridized carbons (Fsp3) is 0.308. The number of sulfonamides is 1. The van der Waals surface area contributed by atoms with Gasteiger partial charge in [0.1, 0.15) is 12.3 Å². The summed E-state index contributed by atoms with van der Waals surface area (Å²) in [6.45, 7) is 0.868. The number of ether oxygens (including phenoxy) is 1. The molecular weight excluding hydrogens is 524 g/mol. The maximum absolute atomic E-state index is 12.9. The number of carboxylic acid groups (broad SMARTS) is 1. The summed E-state index contributed by atoms with van der Waals surface area (Å²) < 4.78 is 33.0.